The maximum Gasteiger partial charge on any atom is 0.286 e. The normalized spacial score (nSPS) is 18.6. The van der Waals surface area contributed by atoms with Crippen molar-refractivity contribution in [2.75, 3.05) is 42.7 Å². The number of anilines is 2. The minimum atomic E-state index is -4.55. The van der Waals surface area contributed by atoms with Gasteiger partial charge in [0.1, 0.15) is 27.5 Å². The molecule has 4 N–H and O–H groups in total. The molecule has 1 aliphatic heterocycles. The highest BCUT2D eigenvalue weighted by molar-refractivity contribution is 7.92. The van der Waals surface area contributed by atoms with Crippen LogP contribution in [0.25, 0.3) is 5.76 Å². The van der Waals surface area contributed by atoms with Gasteiger partial charge in [-0.1, -0.05) is 56.3 Å². The standard InChI is InChI=1S/C34H41N5O9S3/c1-22(2)16-17-34(38-50(44,45)19-18-39(3)21-23-10-6-9-13-28(23)48-4)26-12-8-7-11-25(26)31(40)30(32(34)41)33-35-27-15-14-24(36-49(5,42)43)20-29(27)51(46,47)37-33/h6-15,20,22,36,38,40H,16-19,21H2,1-5H3,(H,35,37). The van der Waals surface area contributed by atoms with E-state index in [9.17, 15) is 35.2 Å². The molecule has 0 aromatic heterocycles. The van der Waals surface area contributed by atoms with Gasteiger partial charge < -0.3 is 20.1 Å². The molecule has 0 saturated heterocycles. The number of aliphatic hydroxyl groups excluding tert-OH is 1. The van der Waals surface area contributed by atoms with Crippen molar-refractivity contribution in [3.8, 4) is 5.75 Å². The van der Waals surface area contributed by atoms with Gasteiger partial charge in [0.2, 0.25) is 20.0 Å². The number of aliphatic hydroxyl groups is 1. The first-order valence-corrected chi connectivity index (χ1v) is 21.0. The minimum Gasteiger partial charge on any atom is -0.506 e. The van der Waals surface area contributed by atoms with Crippen LogP contribution in [0.1, 0.15) is 43.4 Å². The van der Waals surface area contributed by atoms with E-state index in [4.69, 9.17) is 4.74 Å². The highest BCUT2D eigenvalue weighted by Crippen LogP contribution is 2.44. The number of carbonyl (C=O) groups is 1. The number of hydrogen-bond donors (Lipinski definition) is 4. The summed E-state index contributed by atoms with van der Waals surface area (Å²) in [6.45, 7) is 4.34. The number of Topliss-reactive ketones (excluding diaryl/α,β-unsaturated/α-hetero) is 1. The molecule has 17 heteroatoms. The summed E-state index contributed by atoms with van der Waals surface area (Å²) in [5.41, 5.74) is -1.28. The molecule has 2 aliphatic rings. The molecule has 1 unspecified atom stereocenters. The molecule has 0 amide bonds. The molecule has 0 fully saturated rings. The highest BCUT2D eigenvalue weighted by Gasteiger charge is 2.51. The van der Waals surface area contributed by atoms with E-state index in [0.717, 1.165) is 17.9 Å². The van der Waals surface area contributed by atoms with E-state index in [1.807, 2.05) is 43.0 Å². The average Bonchev–Trinajstić information content (AvgIpc) is 3.05. The Hall–Kier alpha value is -4.29. The number of fused-ring (bicyclic) bond motifs is 2. The summed E-state index contributed by atoms with van der Waals surface area (Å²) in [6.07, 6.45) is 1.30. The summed E-state index contributed by atoms with van der Waals surface area (Å²) in [5.74, 6) is -1.65. The Morgan fingerprint density at radius 3 is 2.41 bits per heavy atom. The van der Waals surface area contributed by atoms with Gasteiger partial charge in [0.15, 0.2) is 11.6 Å². The molecule has 1 heterocycles. The van der Waals surface area contributed by atoms with Gasteiger partial charge in [-0.15, -0.1) is 4.40 Å². The zero-order valence-corrected chi connectivity index (χ0v) is 31.2. The first-order valence-electron chi connectivity index (χ1n) is 16.0. The second kappa shape index (κ2) is 14.4. The van der Waals surface area contributed by atoms with Crippen molar-refractivity contribution in [3.63, 3.8) is 0 Å². The second-order valence-corrected chi connectivity index (χ2v) is 18.2. The van der Waals surface area contributed by atoms with Crippen LogP contribution in [0.2, 0.25) is 0 Å². The van der Waals surface area contributed by atoms with Gasteiger partial charge in [-0.05, 0) is 55.6 Å². The molecule has 0 saturated carbocycles. The molecule has 0 bridgehead atoms. The topological polar surface area (TPSA) is 201 Å². The maximum atomic E-state index is 14.8. The number of methoxy groups -OCH3 is 1. The van der Waals surface area contributed by atoms with E-state index in [0.29, 0.717) is 18.7 Å². The number of hydrogen-bond acceptors (Lipinski definition) is 11. The van der Waals surface area contributed by atoms with Crippen molar-refractivity contribution in [3.05, 3.63) is 89.0 Å². The lowest BCUT2D eigenvalue weighted by Crippen LogP contribution is -2.56. The largest absolute Gasteiger partial charge is 0.506 e. The first kappa shape index (κ1) is 38.0. The predicted octanol–water partition coefficient (Wildman–Crippen LogP) is 3.81. The van der Waals surface area contributed by atoms with Crippen LogP contribution in [0.5, 0.6) is 5.75 Å². The van der Waals surface area contributed by atoms with Crippen molar-refractivity contribution in [2.24, 2.45) is 10.3 Å². The number of ketones is 1. The number of rotatable bonds is 14. The third-order valence-corrected chi connectivity index (χ3v) is 11.9. The molecule has 274 valence electrons. The SMILES string of the molecule is COc1ccccc1CN(C)CCS(=O)(=O)NC1(CCC(C)C)C(=O)C(C2=NS(=O)(=O)c3cc(NS(C)(=O)=O)ccc3N2)=C(O)c2ccccc21. The van der Waals surface area contributed by atoms with E-state index in [-0.39, 0.29) is 52.0 Å². The van der Waals surface area contributed by atoms with Crippen LogP contribution in [-0.4, -0.2) is 79.6 Å². The third-order valence-electron chi connectivity index (χ3n) is 8.56. The van der Waals surface area contributed by atoms with Crippen LogP contribution in [0, 0.1) is 5.92 Å². The fourth-order valence-corrected chi connectivity index (χ4v) is 9.30. The van der Waals surface area contributed by atoms with Gasteiger partial charge in [0.05, 0.1) is 24.8 Å². The van der Waals surface area contributed by atoms with Gasteiger partial charge in [-0.25, -0.2) is 16.8 Å². The zero-order chi connectivity index (χ0) is 37.4. The lowest BCUT2D eigenvalue weighted by atomic mass is 9.72. The van der Waals surface area contributed by atoms with E-state index >= 15 is 0 Å². The molecule has 3 aromatic carbocycles. The number of benzene rings is 3. The number of amidine groups is 1. The lowest BCUT2D eigenvalue weighted by molar-refractivity contribution is -0.121. The lowest BCUT2D eigenvalue weighted by Gasteiger charge is -2.39. The molecular formula is C34H41N5O9S3. The van der Waals surface area contributed by atoms with Gasteiger partial charge in [-0.2, -0.15) is 13.1 Å². The number of ether oxygens (including phenoxy) is 1. The summed E-state index contributed by atoms with van der Waals surface area (Å²) >= 11 is 0. The van der Waals surface area contributed by atoms with Crippen molar-refractivity contribution in [1.82, 2.24) is 9.62 Å². The number of nitrogens with one attached hydrogen (secondary N) is 3. The summed E-state index contributed by atoms with van der Waals surface area (Å²) in [7, 11) is -9.17. The summed E-state index contributed by atoms with van der Waals surface area (Å²) < 4.78 is 92.6. The molecule has 1 atom stereocenters. The Balaban J connectivity index is 1.53. The Morgan fingerprint density at radius 1 is 1.04 bits per heavy atom. The Morgan fingerprint density at radius 2 is 1.73 bits per heavy atom. The van der Waals surface area contributed by atoms with Crippen molar-refractivity contribution in [2.45, 2.75) is 43.7 Å². The molecule has 51 heavy (non-hydrogen) atoms. The Kier molecular flexibility index (Phi) is 10.7. The van der Waals surface area contributed by atoms with E-state index in [2.05, 4.69) is 19.2 Å². The minimum absolute atomic E-state index is 0.00921. The Labute approximate surface area is 298 Å². The molecule has 3 aromatic rings. The number of sulfonamides is 3. The average molecular weight is 760 g/mol. The second-order valence-electron chi connectivity index (χ2n) is 13.0. The number of nitrogens with zero attached hydrogens (tertiary/aromatic N) is 2. The van der Waals surface area contributed by atoms with Crippen LogP contribution < -0.4 is 19.5 Å². The summed E-state index contributed by atoms with van der Waals surface area (Å²) in [4.78, 5) is 16.3. The summed E-state index contributed by atoms with van der Waals surface area (Å²) in [5, 5.41) is 14.4. The van der Waals surface area contributed by atoms with Crippen molar-refractivity contribution < 1.29 is 39.9 Å². The highest BCUT2D eigenvalue weighted by atomic mass is 32.2. The third kappa shape index (κ3) is 8.28. The van der Waals surface area contributed by atoms with E-state index in [1.165, 1.54) is 18.2 Å². The van der Waals surface area contributed by atoms with Gasteiger partial charge in [-0.3, -0.25) is 9.52 Å². The molecule has 0 radical (unpaired) electrons. The fourth-order valence-electron chi connectivity index (χ4n) is 6.11. The van der Waals surface area contributed by atoms with Crippen LogP contribution in [-0.2, 0) is 46.9 Å². The van der Waals surface area contributed by atoms with E-state index < -0.39 is 58.6 Å². The van der Waals surface area contributed by atoms with E-state index in [1.54, 1.807) is 32.4 Å². The van der Waals surface area contributed by atoms with Crippen LogP contribution in [0.15, 0.2) is 81.6 Å². The van der Waals surface area contributed by atoms with Gasteiger partial charge >= 0.3 is 0 Å². The molecular weight excluding hydrogens is 719 g/mol. The van der Waals surface area contributed by atoms with Crippen molar-refractivity contribution in [1.29, 1.82) is 0 Å². The summed E-state index contributed by atoms with van der Waals surface area (Å²) in [6, 6.07) is 17.4. The number of carbonyl (C=O) groups excluding carboxylic acids is 1. The smallest absolute Gasteiger partial charge is 0.286 e. The van der Waals surface area contributed by atoms with Gasteiger partial charge in [0.25, 0.3) is 10.0 Å². The fraction of sp³-hybridized carbons (Fsp3) is 0.353. The molecule has 14 nitrogen and oxygen atoms in total. The Bertz CT molecular complexity index is 2250. The molecule has 1 aliphatic carbocycles. The number of para-hydroxylation sites is 1. The van der Waals surface area contributed by atoms with Crippen LogP contribution >= 0.6 is 0 Å². The molecule has 0 spiro atoms. The van der Waals surface area contributed by atoms with Crippen molar-refractivity contribution >= 4 is 58.8 Å². The first-order chi connectivity index (χ1) is 23.9. The zero-order valence-electron chi connectivity index (χ0n) is 28.8. The monoisotopic (exact) mass is 759 g/mol. The van der Waals surface area contributed by atoms with Crippen LogP contribution in [0.4, 0.5) is 11.4 Å². The van der Waals surface area contributed by atoms with Crippen LogP contribution in [0.3, 0.4) is 0 Å². The molecule has 5 rings (SSSR count). The predicted molar refractivity (Wildman–Crippen MR) is 196 cm³/mol. The maximum absolute atomic E-state index is 14.8. The quantitative estimate of drug-likeness (QED) is 0.186. The van der Waals surface area contributed by atoms with Gasteiger partial charge in [0, 0.05) is 29.9 Å².